The number of carbonyl (C=O) groups is 2. The third kappa shape index (κ3) is 4.68. The molecule has 0 saturated carbocycles. The standard InChI is InChI=1S/C19H19N3O2/c1-15(23)22(18-10-6-5-9-17(18)13-20)14-19(24)21-12-11-16-7-3-2-4-8-16/h2-10H,11-12,14H2,1H3,(H,21,24). The van der Waals surface area contributed by atoms with Crippen molar-refractivity contribution in [1.82, 2.24) is 5.32 Å². The quantitative estimate of drug-likeness (QED) is 0.887. The number of carbonyl (C=O) groups excluding carboxylic acids is 2. The van der Waals surface area contributed by atoms with Crippen molar-refractivity contribution >= 4 is 17.5 Å². The van der Waals surface area contributed by atoms with Gasteiger partial charge in [-0.3, -0.25) is 9.59 Å². The van der Waals surface area contributed by atoms with Crippen LogP contribution >= 0.6 is 0 Å². The zero-order chi connectivity index (χ0) is 17.4. The van der Waals surface area contributed by atoms with Crippen molar-refractivity contribution in [3.05, 3.63) is 65.7 Å². The number of nitriles is 1. The van der Waals surface area contributed by atoms with E-state index in [1.165, 1.54) is 11.8 Å². The molecule has 0 radical (unpaired) electrons. The first-order chi connectivity index (χ1) is 11.6. The lowest BCUT2D eigenvalue weighted by Crippen LogP contribution is -2.40. The Morgan fingerprint density at radius 3 is 2.42 bits per heavy atom. The van der Waals surface area contributed by atoms with Gasteiger partial charge in [0.15, 0.2) is 0 Å². The van der Waals surface area contributed by atoms with E-state index in [1.54, 1.807) is 24.3 Å². The predicted octanol–water partition coefficient (Wildman–Crippen LogP) is 2.27. The average Bonchev–Trinajstić information content (AvgIpc) is 2.60. The Balaban J connectivity index is 1.97. The zero-order valence-corrected chi connectivity index (χ0v) is 13.5. The number of hydrogen-bond acceptors (Lipinski definition) is 3. The maximum absolute atomic E-state index is 12.1. The van der Waals surface area contributed by atoms with Gasteiger partial charge in [0.25, 0.3) is 0 Å². The number of nitrogens with zero attached hydrogens (tertiary/aromatic N) is 2. The van der Waals surface area contributed by atoms with Crippen molar-refractivity contribution in [2.75, 3.05) is 18.0 Å². The fourth-order valence-electron chi connectivity index (χ4n) is 2.36. The first-order valence-electron chi connectivity index (χ1n) is 7.69. The Hall–Kier alpha value is -3.13. The van der Waals surface area contributed by atoms with Gasteiger partial charge in [0.05, 0.1) is 11.3 Å². The lowest BCUT2D eigenvalue weighted by molar-refractivity contribution is -0.123. The Morgan fingerprint density at radius 1 is 1.08 bits per heavy atom. The first kappa shape index (κ1) is 17.2. The van der Waals surface area contributed by atoms with Crippen molar-refractivity contribution < 1.29 is 9.59 Å². The molecule has 0 aromatic heterocycles. The summed E-state index contributed by atoms with van der Waals surface area (Å²) in [6.45, 7) is 1.77. The zero-order valence-electron chi connectivity index (χ0n) is 13.5. The van der Waals surface area contributed by atoms with E-state index in [-0.39, 0.29) is 18.4 Å². The molecule has 2 aromatic rings. The van der Waals surface area contributed by atoms with Crippen LogP contribution in [0, 0.1) is 11.3 Å². The molecule has 0 bridgehead atoms. The van der Waals surface area contributed by atoms with Gasteiger partial charge in [0.1, 0.15) is 12.6 Å². The van der Waals surface area contributed by atoms with Crippen LogP contribution < -0.4 is 10.2 Å². The monoisotopic (exact) mass is 321 g/mol. The van der Waals surface area contributed by atoms with Gasteiger partial charge < -0.3 is 10.2 Å². The van der Waals surface area contributed by atoms with E-state index >= 15 is 0 Å². The lowest BCUT2D eigenvalue weighted by Gasteiger charge is -2.21. The molecule has 0 unspecified atom stereocenters. The molecule has 24 heavy (non-hydrogen) atoms. The molecular weight excluding hydrogens is 302 g/mol. The molecule has 0 aliphatic carbocycles. The van der Waals surface area contributed by atoms with Gasteiger partial charge in [-0.2, -0.15) is 5.26 Å². The van der Waals surface area contributed by atoms with E-state index in [4.69, 9.17) is 5.26 Å². The van der Waals surface area contributed by atoms with Gasteiger partial charge in [-0.05, 0) is 24.1 Å². The van der Waals surface area contributed by atoms with Crippen LogP contribution in [0.4, 0.5) is 5.69 Å². The van der Waals surface area contributed by atoms with Crippen molar-refractivity contribution in [2.45, 2.75) is 13.3 Å². The maximum atomic E-state index is 12.1. The van der Waals surface area contributed by atoms with E-state index in [1.807, 2.05) is 36.4 Å². The smallest absolute Gasteiger partial charge is 0.240 e. The van der Waals surface area contributed by atoms with Gasteiger partial charge in [-0.15, -0.1) is 0 Å². The minimum Gasteiger partial charge on any atom is -0.354 e. The number of benzene rings is 2. The van der Waals surface area contributed by atoms with Crippen molar-refractivity contribution in [2.24, 2.45) is 0 Å². The summed E-state index contributed by atoms with van der Waals surface area (Å²) in [5.41, 5.74) is 1.95. The summed E-state index contributed by atoms with van der Waals surface area (Å²) in [6.07, 6.45) is 0.724. The molecule has 2 aromatic carbocycles. The number of rotatable bonds is 6. The molecule has 2 amide bonds. The molecule has 5 heteroatoms. The third-order valence-electron chi connectivity index (χ3n) is 3.58. The largest absolute Gasteiger partial charge is 0.354 e. The molecule has 0 fully saturated rings. The van der Waals surface area contributed by atoms with Gasteiger partial charge in [0.2, 0.25) is 11.8 Å². The molecule has 0 spiro atoms. The van der Waals surface area contributed by atoms with Crippen LogP contribution in [-0.2, 0) is 16.0 Å². The summed E-state index contributed by atoms with van der Waals surface area (Å²) < 4.78 is 0. The highest BCUT2D eigenvalue weighted by Gasteiger charge is 2.18. The fourth-order valence-corrected chi connectivity index (χ4v) is 2.36. The van der Waals surface area contributed by atoms with Crippen LogP contribution in [0.25, 0.3) is 0 Å². The number of amides is 2. The topological polar surface area (TPSA) is 73.2 Å². The summed E-state index contributed by atoms with van der Waals surface area (Å²) in [7, 11) is 0. The second-order valence-electron chi connectivity index (χ2n) is 5.32. The summed E-state index contributed by atoms with van der Waals surface area (Å²) in [6, 6.07) is 18.6. The minimum atomic E-state index is -0.282. The molecule has 0 atom stereocenters. The second-order valence-corrected chi connectivity index (χ2v) is 5.32. The van der Waals surface area contributed by atoms with Crippen LogP contribution in [-0.4, -0.2) is 24.9 Å². The molecule has 122 valence electrons. The molecule has 0 heterocycles. The van der Waals surface area contributed by atoms with Crippen LogP contribution in [0.3, 0.4) is 0 Å². The summed E-state index contributed by atoms with van der Waals surface area (Å²) in [5, 5.41) is 12.0. The highest BCUT2D eigenvalue weighted by Crippen LogP contribution is 2.19. The lowest BCUT2D eigenvalue weighted by atomic mass is 10.1. The molecule has 0 aliphatic rings. The highest BCUT2D eigenvalue weighted by atomic mass is 16.2. The normalized spacial score (nSPS) is 9.83. The van der Waals surface area contributed by atoms with Crippen LogP contribution in [0.2, 0.25) is 0 Å². The van der Waals surface area contributed by atoms with Crippen LogP contribution in [0.15, 0.2) is 54.6 Å². The minimum absolute atomic E-state index is 0.108. The summed E-state index contributed by atoms with van der Waals surface area (Å²) >= 11 is 0. The molecule has 0 saturated heterocycles. The Bertz CT molecular complexity index is 751. The molecular formula is C19H19N3O2. The molecule has 5 nitrogen and oxygen atoms in total. The first-order valence-corrected chi connectivity index (χ1v) is 7.69. The van der Waals surface area contributed by atoms with Crippen molar-refractivity contribution in [3.8, 4) is 6.07 Å². The van der Waals surface area contributed by atoms with E-state index in [9.17, 15) is 9.59 Å². The Labute approximate surface area is 141 Å². The van der Waals surface area contributed by atoms with Crippen molar-refractivity contribution in [3.63, 3.8) is 0 Å². The SMILES string of the molecule is CC(=O)N(CC(=O)NCCc1ccccc1)c1ccccc1C#N. The van der Waals surface area contributed by atoms with E-state index < -0.39 is 0 Å². The van der Waals surface area contributed by atoms with Crippen LogP contribution in [0.1, 0.15) is 18.1 Å². The molecule has 1 N–H and O–H groups in total. The Kier molecular flexibility index (Phi) is 6.09. The summed E-state index contributed by atoms with van der Waals surface area (Å²) in [5.74, 6) is -0.537. The number of nitrogens with one attached hydrogen (secondary N) is 1. The van der Waals surface area contributed by atoms with Gasteiger partial charge in [0, 0.05) is 13.5 Å². The number of anilines is 1. The predicted molar refractivity (Wildman–Crippen MR) is 92.3 cm³/mol. The van der Waals surface area contributed by atoms with Crippen molar-refractivity contribution in [1.29, 1.82) is 5.26 Å². The maximum Gasteiger partial charge on any atom is 0.240 e. The fraction of sp³-hybridized carbons (Fsp3) is 0.211. The Morgan fingerprint density at radius 2 is 1.75 bits per heavy atom. The third-order valence-corrected chi connectivity index (χ3v) is 3.58. The number of hydrogen-bond donors (Lipinski definition) is 1. The average molecular weight is 321 g/mol. The molecule has 2 rings (SSSR count). The van der Waals surface area contributed by atoms with E-state index in [0.717, 1.165) is 12.0 Å². The van der Waals surface area contributed by atoms with E-state index in [0.29, 0.717) is 17.8 Å². The summed E-state index contributed by atoms with van der Waals surface area (Å²) in [4.78, 5) is 25.3. The second kappa shape index (κ2) is 8.49. The van der Waals surface area contributed by atoms with E-state index in [2.05, 4.69) is 5.32 Å². The van der Waals surface area contributed by atoms with Gasteiger partial charge in [-0.1, -0.05) is 42.5 Å². The molecule has 0 aliphatic heterocycles. The highest BCUT2D eigenvalue weighted by molar-refractivity contribution is 5.98. The van der Waals surface area contributed by atoms with Gasteiger partial charge >= 0.3 is 0 Å². The number of para-hydroxylation sites is 1. The van der Waals surface area contributed by atoms with Gasteiger partial charge in [-0.25, -0.2) is 0 Å². The van der Waals surface area contributed by atoms with Crippen LogP contribution in [0.5, 0.6) is 0 Å².